The minimum absolute atomic E-state index is 0.0200. The number of nitrogens with zero attached hydrogens (tertiary/aromatic N) is 1. The molecule has 2 aromatic carbocycles. The van der Waals surface area contributed by atoms with Gasteiger partial charge in [-0.15, -0.1) is 0 Å². The zero-order chi connectivity index (χ0) is 14.5. The van der Waals surface area contributed by atoms with Gasteiger partial charge in [0, 0.05) is 24.5 Å². The predicted molar refractivity (Wildman–Crippen MR) is 80.9 cm³/mol. The highest BCUT2D eigenvalue weighted by Gasteiger charge is 2.11. The fourth-order valence-electron chi connectivity index (χ4n) is 1.76. The largest absolute Gasteiger partial charge is 0.484 e. The minimum atomic E-state index is -0.115. The Morgan fingerprint density at radius 2 is 1.90 bits per heavy atom. The number of anilines is 2. The Labute approximate surface area is 118 Å². The average Bonchev–Trinajstić information content (AvgIpc) is 2.45. The zero-order valence-electron chi connectivity index (χ0n) is 11.7. The maximum absolute atomic E-state index is 12.1. The summed E-state index contributed by atoms with van der Waals surface area (Å²) < 4.78 is 5.44. The summed E-state index contributed by atoms with van der Waals surface area (Å²) in [4.78, 5) is 13.6. The summed E-state index contributed by atoms with van der Waals surface area (Å²) in [6.07, 6.45) is 0. The predicted octanol–water partition coefficient (Wildman–Crippen LogP) is 2.62. The Balaban J connectivity index is 1.96. The molecule has 2 aromatic rings. The molecule has 0 fully saturated rings. The average molecular weight is 270 g/mol. The monoisotopic (exact) mass is 270 g/mol. The smallest absolute Gasteiger partial charge is 0.264 e. The maximum Gasteiger partial charge on any atom is 0.264 e. The fraction of sp³-hybridized carbons (Fsp3) is 0.188. The number of benzene rings is 2. The molecule has 2 rings (SSSR count). The van der Waals surface area contributed by atoms with E-state index in [-0.39, 0.29) is 12.5 Å². The van der Waals surface area contributed by atoms with Crippen molar-refractivity contribution >= 4 is 17.3 Å². The number of hydrogen-bond donors (Lipinski definition) is 1. The van der Waals surface area contributed by atoms with Crippen LogP contribution in [-0.4, -0.2) is 19.6 Å². The van der Waals surface area contributed by atoms with Crippen molar-refractivity contribution in [2.45, 2.75) is 6.92 Å². The zero-order valence-corrected chi connectivity index (χ0v) is 11.7. The van der Waals surface area contributed by atoms with Crippen molar-refractivity contribution in [3.05, 3.63) is 54.1 Å². The van der Waals surface area contributed by atoms with Crippen molar-refractivity contribution in [2.24, 2.45) is 0 Å². The van der Waals surface area contributed by atoms with E-state index in [1.54, 1.807) is 36.2 Å². The third-order valence-corrected chi connectivity index (χ3v) is 3.02. The summed E-state index contributed by atoms with van der Waals surface area (Å²) in [5.41, 5.74) is 8.27. The number of ether oxygens (including phenoxy) is 1. The molecule has 0 atom stereocenters. The highest BCUT2D eigenvalue weighted by molar-refractivity contribution is 5.93. The second kappa shape index (κ2) is 6.10. The molecule has 1 amide bonds. The van der Waals surface area contributed by atoms with Crippen LogP contribution in [0.4, 0.5) is 11.4 Å². The second-order valence-electron chi connectivity index (χ2n) is 4.65. The molecule has 0 aliphatic carbocycles. The van der Waals surface area contributed by atoms with Gasteiger partial charge in [-0.25, -0.2) is 0 Å². The number of rotatable bonds is 4. The molecule has 0 aromatic heterocycles. The number of hydrogen-bond acceptors (Lipinski definition) is 3. The molecule has 104 valence electrons. The molecule has 0 saturated carbocycles. The van der Waals surface area contributed by atoms with E-state index in [1.165, 1.54) is 0 Å². The number of aryl methyl sites for hydroxylation is 1. The second-order valence-corrected chi connectivity index (χ2v) is 4.65. The van der Waals surface area contributed by atoms with Gasteiger partial charge in [-0.3, -0.25) is 4.79 Å². The van der Waals surface area contributed by atoms with Crippen LogP contribution < -0.4 is 15.4 Å². The summed E-state index contributed by atoms with van der Waals surface area (Å²) in [6, 6.07) is 14.8. The van der Waals surface area contributed by atoms with Gasteiger partial charge in [-0.05, 0) is 31.2 Å². The number of nitrogen functional groups attached to an aromatic ring is 1. The van der Waals surface area contributed by atoms with Crippen molar-refractivity contribution in [3.8, 4) is 5.75 Å². The quantitative estimate of drug-likeness (QED) is 0.869. The Bertz CT molecular complexity index is 594. The van der Waals surface area contributed by atoms with Crippen LogP contribution >= 0.6 is 0 Å². The molecule has 0 saturated heterocycles. The van der Waals surface area contributed by atoms with Crippen molar-refractivity contribution in [1.82, 2.24) is 0 Å². The molecular formula is C16H18N2O2. The van der Waals surface area contributed by atoms with E-state index in [1.807, 2.05) is 31.2 Å². The SMILES string of the molecule is Cc1ccc(N(C)C(=O)COc2cccc(N)c2)cc1. The van der Waals surface area contributed by atoms with Crippen LogP contribution in [-0.2, 0) is 4.79 Å². The third-order valence-electron chi connectivity index (χ3n) is 3.02. The lowest BCUT2D eigenvalue weighted by Crippen LogP contribution is -2.31. The van der Waals surface area contributed by atoms with Gasteiger partial charge in [0.1, 0.15) is 5.75 Å². The van der Waals surface area contributed by atoms with Gasteiger partial charge in [-0.1, -0.05) is 23.8 Å². The van der Waals surface area contributed by atoms with Crippen LogP contribution in [0.5, 0.6) is 5.75 Å². The lowest BCUT2D eigenvalue weighted by atomic mass is 10.2. The highest BCUT2D eigenvalue weighted by Crippen LogP contribution is 2.16. The van der Waals surface area contributed by atoms with Gasteiger partial charge >= 0.3 is 0 Å². The van der Waals surface area contributed by atoms with E-state index < -0.39 is 0 Å². The van der Waals surface area contributed by atoms with Gasteiger partial charge < -0.3 is 15.4 Å². The Hall–Kier alpha value is -2.49. The molecule has 0 aliphatic rings. The van der Waals surface area contributed by atoms with E-state index in [0.717, 1.165) is 11.3 Å². The summed E-state index contributed by atoms with van der Waals surface area (Å²) >= 11 is 0. The number of carbonyl (C=O) groups excluding carboxylic acids is 1. The topological polar surface area (TPSA) is 55.6 Å². The number of nitrogens with two attached hydrogens (primary N) is 1. The van der Waals surface area contributed by atoms with Gasteiger partial charge in [0.25, 0.3) is 5.91 Å². The molecule has 2 N–H and O–H groups in total. The first kappa shape index (κ1) is 13.9. The van der Waals surface area contributed by atoms with Crippen molar-refractivity contribution in [1.29, 1.82) is 0 Å². The molecule has 0 aliphatic heterocycles. The van der Waals surface area contributed by atoms with Crippen molar-refractivity contribution in [2.75, 3.05) is 24.3 Å². The lowest BCUT2D eigenvalue weighted by Gasteiger charge is -2.17. The molecule has 0 unspecified atom stereocenters. The number of amides is 1. The molecular weight excluding hydrogens is 252 g/mol. The Morgan fingerprint density at radius 3 is 2.55 bits per heavy atom. The van der Waals surface area contributed by atoms with Gasteiger partial charge in [0.2, 0.25) is 0 Å². The first-order valence-corrected chi connectivity index (χ1v) is 6.38. The molecule has 0 radical (unpaired) electrons. The van der Waals surface area contributed by atoms with Crippen molar-refractivity contribution < 1.29 is 9.53 Å². The normalized spacial score (nSPS) is 10.1. The molecule has 20 heavy (non-hydrogen) atoms. The highest BCUT2D eigenvalue weighted by atomic mass is 16.5. The molecule has 4 heteroatoms. The van der Waals surface area contributed by atoms with Crippen LogP contribution in [0.15, 0.2) is 48.5 Å². The Morgan fingerprint density at radius 1 is 1.20 bits per heavy atom. The minimum Gasteiger partial charge on any atom is -0.484 e. The van der Waals surface area contributed by atoms with E-state index >= 15 is 0 Å². The summed E-state index contributed by atoms with van der Waals surface area (Å²) in [6.45, 7) is 1.99. The van der Waals surface area contributed by atoms with E-state index in [4.69, 9.17) is 10.5 Å². The van der Waals surface area contributed by atoms with Crippen LogP contribution in [0.25, 0.3) is 0 Å². The van der Waals surface area contributed by atoms with Crippen molar-refractivity contribution in [3.63, 3.8) is 0 Å². The van der Waals surface area contributed by atoms with E-state index in [9.17, 15) is 4.79 Å². The fourth-order valence-corrected chi connectivity index (χ4v) is 1.76. The number of likely N-dealkylation sites (N-methyl/N-ethyl adjacent to an activating group) is 1. The van der Waals surface area contributed by atoms with E-state index in [0.29, 0.717) is 11.4 Å². The van der Waals surface area contributed by atoms with Gasteiger partial charge in [0.15, 0.2) is 6.61 Å². The van der Waals surface area contributed by atoms with Gasteiger partial charge in [-0.2, -0.15) is 0 Å². The number of carbonyl (C=O) groups is 1. The molecule has 4 nitrogen and oxygen atoms in total. The third kappa shape index (κ3) is 3.51. The van der Waals surface area contributed by atoms with Gasteiger partial charge in [0.05, 0.1) is 0 Å². The Kier molecular flexibility index (Phi) is 4.25. The first-order valence-electron chi connectivity index (χ1n) is 6.38. The standard InChI is InChI=1S/C16H18N2O2/c1-12-6-8-14(9-7-12)18(2)16(19)11-20-15-5-3-4-13(17)10-15/h3-10H,11,17H2,1-2H3. The van der Waals surface area contributed by atoms with Crippen LogP contribution in [0.2, 0.25) is 0 Å². The molecule has 0 bridgehead atoms. The summed E-state index contributed by atoms with van der Waals surface area (Å²) in [5.74, 6) is 0.479. The lowest BCUT2D eigenvalue weighted by molar-refractivity contribution is -0.120. The van der Waals surface area contributed by atoms with Crippen LogP contribution in [0.3, 0.4) is 0 Å². The van der Waals surface area contributed by atoms with Crippen LogP contribution in [0.1, 0.15) is 5.56 Å². The maximum atomic E-state index is 12.1. The summed E-state index contributed by atoms with van der Waals surface area (Å²) in [7, 11) is 1.73. The molecule has 0 heterocycles. The van der Waals surface area contributed by atoms with E-state index in [2.05, 4.69) is 0 Å². The summed E-state index contributed by atoms with van der Waals surface area (Å²) in [5, 5.41) is 0. The van der Waals surface area contributed by atoms with Crippen LogP contribution in [0, 0.1) is 6.92 Å². The first-order chi connectivity index (χ1) is 9.56. The molecule has 0 spiro atoms.